The van der Waals surface area contributed by atoms with Crippen molar-refractivity contribution in [2.75, 3.05) is 13.7 Å². The molecule has 1 unspecified atom stereocenters. The Bertz CT molecular complexity index is 1180. The topological polar surface area (TPSA) is 115 Å². The van der Waals surface area contributed by atoms with E-state index in [0.29, 0.717) is 12.3 Å². The van der Waals surface area contributed by atoms with Crippen LogP contribution in [0.15, 0.2) is 6.33 Å². The third kappa shape index (κ3) is 6.15. The van der Waals surface area contributed by atoms with Gasteiger partial charge in [-0.1, -0.05) is 0 Å². The summed E-state index contributed by atoms with van der Waals surface area (Å²) in [5.74, 6) is -0.622. The Morgan fingerprint density at radius 3 is 2.59 bits per heavy atom. The van der Waals surface area contributed by atoms with Crippen molar-refractivity contribution in [2.45, 2.75) is 96.3 Å². The molecule has 2 atom stereocenters. The van der Waals surface area contributed by atoms with Crippen LogP contribution in [0.1, 0.15) is 82.6 Å². The first-order chi connectivity index (χ1) is 17.6. The van der Waals surface area contributed by atoms with Crippen molar-refractivity contribution in [2.24, 2.45) is 5.92 Å². The van der Waals surface area contributed by atoms with Crippen molar-refractivity contribution in [1.82, 2.24) is 14.9 Å². The quantitative estimate of drug-likeness (QED) is 0.441. The van der Waals surface area contributed by atoms with E-state index in [9.17, 15) is 14.9 Å². The van der Waals surface area contributed by atoms with E-state index in [4.69, 9.17) is 14.2 Å². The minimum atomic E-state index is -0.794. The second-order valence-corrected chi connectivity index (χ2v) is 11.9. The molecule has 9 nitrogen and oxygen atoms in total. The van der Waals surface area contributed by atoms with Crippen LogP contribution < -0.4 is 4.74 Å². The molecule has 200 valence electrons. The van der Waals surface area contributed by atoms with Gasteiger partial charge in [0.05, 0.1) is 18.1 Å². The largest absolute Gasteiger partial charge is 0.474 e. The molecule has 0 radical (unpaired) electrons. The van der Waals surface area contributed by atoms with Crippen LogP contribution >= 0.6 is 11.3 Å². The van der Waals surface area contributed by atoms with Crippen LogP contribution in [0.2, 0.25) is 0 Å². The number of nitriles is 1. The van der Waals surface area contributed by atoms with Crippen LogP contribution in [0, 0.1) is 17.2 Å². The highest BCUT2D eigenvalue weighted by Gasteiger charge is 2.35. The summed E-state index contributed by atoms with van der Waals surface area (Å²) in [5.41, 5.74) is 0.602. The zero-order valence-electron chi connectivity index (χ0n) is 22.3. The van der Waals surface area contributed by atoms with E-state index >= 15 is 0 Å². The Morgan fingerprint density at radius 2 is 1.95 bits per heavy atom. The average molecular weight is 529 g/mol. The molecule has 0 saturated heterocycles. The van der Waals surface area contributed by atoms with Gasteiger partial charge in [0.25, 0.3) is 0 Å². The molecule has 0 N–H and O–H groups in total. The number of hydrogen-bond acceptors (Lipinski definition) is 9. The summed E-state index contributed by atoms with van der Waals surface area (Å²) in [6, 6.07) is 2.24. The molecule has 4 rings (SSSR count). The number of hydrogen-bond donors (Lipinski definition) is 0. The molecule has 1 saturated carbocycles. The van der Waals surface area contributed by atoms with Gasteiger partial charge in [-0.25, -0.2) is 14.8 Å². The fourth-order valence-corrected chi connectivity index (χ4v) is 6.52. The number of fused-ring (bicyclic) bond motifs is 3. The number of nitrogens with zero attached hydrogens (tertiary/aromatic N) is 4. The fourth-order valence-electron chi connectivity index (χ4n) is 5.29. The van der Waals surface area contributed by atoms with Crippen molar-refractivity contribution in [3.8, 4) is 11.9 Å². The van der Waals surface area contributed by atoms with E-state index in [1.807, 2.05) is 20.8 Å². The van der Waals surface area contributed by atoms with Gasteiger partial charge < -0.3 is 19.1 Å². The Balaban J connectivity index is 1.46. The Hall–Kier alpha value is -2.93. The number of ether oxygens (including phenoxy) is 3. The van der Waals surface area contributed by atoms with Gasteiger partial charge in [0.2, 0.25) is 5.88 Å². The molecular formula is C27H36N4O5S. The summed E-state index contributed by atoms with van der Waals surface area (Å²) >= 11 is 1.64. The van der Waals surface area contributed by atoms with Gasteiger partial charge in [0, 0.05) is 18.0 Å². The monoisotopic (exact) mass is 528 g/mol. The molecule has 0 bridgehead atoms. The summed E-state index contributed by atoms with van der Waals surface area (Å²) in [4.78, 5) is 37.5. The van der Waals surface area contributed by atoms with E-state index in [1.165, 1.54) is 11.2 Å². The fraction of sp³-hybridized carbons (Fsp3) is 0.667. The highest BCUT2D eigenvalue weighted by atomic mass is 32.1. The SMILES string of the molecule is CCOC(=O)C(C#N)C[C@H]1CCc2sc3ncnc(OC4CCC(N(C)C(=O)OC(C)(C)C)CC4)c3c21. The second kappa shape index (κ2) is 11.2. The molecule has 2 aliphatic rings. The van der Waals surface area contributed by atoms with Crippen molar-refractivity contribution >= 4 is 33.6 Å². The van der Waals surface area contributed by atoms with Gasteiger partial charge in [-0.2, -0.15) is 5.26 Å². The van der Waals surface area contributed by atoms with Gasteiger partial charge >= 0.3 is 12.1 Å². The molecule has 2 aliphatic carbocycles. The summed E-state index contributed by atoms with van der Waals surface area (Å²) < 4.78 is 17.1. The Kier molecular flexibility index (Phi) is 8.22. The first-order valence-corrected chi connectivity index (χ1v) is 13.9. The lowest BCUT2D eigenvalue weighted by molar-refractivity contribution is -0.146. The standard InChI is InChI=1S/C27H36N4O5S/c1-6-34-25(32)17(14-28)13-16-7-12-20-21(16)22-23(29-15-30-24(22)37-20)35-19-10-8-18(9-11-19)31(5)26(33)36-27(2,3)4/h15-19H,6-13H2,1-5H3/t16-,17?,18?,19?/m1/s1. The van der Waals surface area contributed by atoms with Crippen molar-refractivity contribution in [3.63, 3.8) is 0 Å². The maximum Gasteiger partial charge on any atom is 0.410 e. The third-order valence-electron chi connectivity index (χ3n) is 7.09. The van der Waals surface area contributed by atoms with Gasteiger partial charge in [0.15, 0.2) is 0 Å². The van der Waals surface area contributed by atoms with Crippen LogP contribution in [-0.2, 0) is 20.7 Å². The molecule has 0 spiro atoms. The lowest BCUT2D eigenvalue weighted by Crippen LogP contribution is -2.43. The van der Waals surface area contributed by atoms with Gasteiger partial charge in [-0.3, -0.25) is 4.79 Å². The lowest BCUT2D eigenvalue weighted by Gasteiger charge is -2.35. The average Bonchev–Trinajstić information content (AvgIpc) is 3.41. The number of carbonyl (C=O) groups is 2. The molecule has 0 aromatic carbocycles. The van der Waals surface area contributed by atoms with E-state index in [1.54, 1.807) is 30.2 Å². The molecule has 0 aliphatic heterocycles. The number of aromatic nitrogens is 2. The first-order valence-electron chi connectivity index (χ1n) is 13.1. The van der Waals surface area contributed by atoms with Crippen LogP contribution in [0.3, 0.4) is 0 Å². The molecule has 2 aromatic rings. The molecule has 2 heterocycles. The number of esters is 1. The maximum atomic E-state index is 12.5. The normalized spacial score (nSPS) is 22.1. The highest BCUT2D eigenvalue weighted by molar-refractivity contribution is 7.19. The number of aryl methyl sites for hydroxylation is 1. The maximum absolute atomic E-state index is 12.5. The van der Waals surface area contributed by atoms with E-state index in [-0.39, 0.29) is 30.8 Å². The minimum Gasteiger partial charge on any atom is -0.474 e. The molecule has 2 aromatic heterocycles. The second-order valence-electron chi connectivity index (χ2n) is 10.8. The number of amides is 1. The predicted octanol–water partition coefficient (Wildman–Crippen LogP) is 5.37. The molecule has 37 heavy (non-hydrogen) atoms. The van der Waals surface area contributed by atoms with Gasteiger partial charge in [0.1, 0.15) is 28.8 Å². The van der Waals surface area contributed by atoms with E-state index in [0.717, 1.165) is 54.3 Å². The van der Waals surface area contributed by atoms with Crippen LogP contribution in [-0.4, -0.2) is 58.3 Å². The Morgan fingerprint density at radius 1 is 1.22 bits per heavy atom. The number of carbonyl (C=O) groups excluding carboxylic acids is 2. The zero-order valence-corrected chi connectivity index (χ0v) is 23.1. The summed E-state index contributed by atoms with van der Waals surface area (Å²) in [6.07, 6.45) is 6.67. The first kappa shape index (κ1) is 27.1. The molecule has 1 fully saturated rings. The third-order valence-corrected chi connectivity index (χ3v) is 8.27. The van der Waals surface area contributed by atoms with Crippen LogP contribution in [0.25, 0.3) is 10.2 Å². The van der Waals surface area contributed by atoms with Crippen molar-refractivity contribution in [3.05, 3.63) is 16.8 Å². The van der Waals surface area contributed by atoms with E-state index < -0.39 is 17.5 Å². The van der Waals surface area contributed by atoms with Gasteiger partial charge in [-0.05, 0) is 84.1 Å². The minimum absolute atomic E-state index is 0.0109. The van der Waals surface area contributed by atoms with Crippen molar-refractivity contribution in [1.29, 1.82) is 5.26 Å². The highest BCUT2D eigenvalue weighted by Crippen LogP contribution is 2.48. The smallest absolute Gasteiger partial charge is 0.410 e. The zero-order chi connectivity index (χ0) is 26.7. The number of thiophene rings is 1. The predicted molar refractivity (Wildman–Crippen MR) is 139 cm³/mol. The Labute approximate surface area is 222 Å². The number of rotatable bonds is 7. The lowest BCUT2D eigenvalue weighted by atomic mass is 9.90. The molecule has 10 heteroatoms. The summed E-state index contributed by atoms with van der Waals surface area (Å²) in [5, 5.41) is 10.5. The van der Waals surface area contributed by atoms with Crippen LogP contribution in [0.4, 0.5) is 4.79 Å². The van der Waals surface area contributed by atoms with E-state index in [2.05, 4.69) is 16.0 Å². The van der Waals surface area contributed by atoms with Crippen LogP contribution in [0.5, 0.6) is 5.88 Å². The molecular weight excluding hydrogens is 492 g/mol. The summed E-state index contributed by atoms with van der Waals surface area (Å²) in [6.45, 7) is 7.62. The van der Waals surface area contributed by atoms with Crippen molar-refractivity contribution < 1.29 is 23.8 Å². The molecule has 1 amide bonds. The summed E-state index contributed by atoms with van der Waals surface area (Å²) in [7, 11) is 1.80. The van der Waals surface area contributed by atoms with Gasteiger partial charge in [-0.15, -0.1) is 11.3 Å².